The number of carbonyl (C=O) groups is 3. The topological polar surface area (TPSA) is 66.5 Å². The molecule has 0 spiro atoms. The highest BCUT2D eigenvalue weighted by Crippen LogP contribution is 2.25. The summed E-state index contributed by atoms with van der Waals surface area (Å²) in [6.07, 6.45) is 0. The smallest absolute Gasteiger partial charge is 0.262 e. The number of rotatable bonds is 3. The molecule has 5 nitrogen and oxygen atoms in total. The van der Waals surface area contributed by atoms with Crippen molar-refractivity contribution in [2.75, 3.05) is 11.9 Å². The highest BCUT2D eigenvalue weighted by atomic mass is 35.5. The van der Waals surface area contributed by atoms with Gasteiger partial charge in [-0.1, -0.05) is 29.3 Å². The zero-order valence-corrected chi connectivity index (χ0v) is 14.0. The van der Waals surface area contributed by atoms with Crippen molar-refractivity contribution >= 4 is 35.0 Å². The predicted molar refractivity (Wildman–Crippen MR) is 91.4 cm³/mol. The Morgan fingerprint density at radius 2 is 1.75 bits per heavy atom. The summed E-state index contributed by atoms with van der Waals surface area (Å²) in [7, 11) is 0. The molecular formula is C18H15ClN2O3. The number of hydrogen-bond donors (Lipinski definition) is 1. The van der Waals surface area contributed by atoms with E-state index in [0.29, 0.717) is 10.7 Å². The number of carbonyl (C=O) groups excluding carboxylic acids is 3. The number of fused-ring (bicyclic) bond motifs is 1. The van der Waals surface area contributed by atoms with Crippen LogP contribution in [0.1, 0.15) is 31.8 Å². The Morgan fingerprint density at radius 3 is 2.46 bits per heavy atom. The van der Waals surface area contributed by atoms with Gasteiger partial charge in [-0.05, 0) is 43.7 Å². The summed E-state index contributed by atoms with van der Waals surface area (Å²) in [6, 6.07) is 10.1. The minimum Gasteiger partial charge on any atom is -0.324 e. The van der Waals surface area contributed by atoms with Crippen LogP contribution in [0.4, 0.5) is 5.69 Å². The van der Waals surface area contributed by atoms with Gasteiger partial charge in [0.2, 0.25) is 5.91 Å². The summed E-state index contributed by atoms with van der Waals surface area (Å²) < 4.78 is 0. The summed E-state index contributed by atoms with van der Waals surface area (Å²) in [5.74, 6) is -1.42. The molecule has 0 radical (unpaired) electrons. The highest BCUT2D eigenvalue weighted by molar-refractivity contribution is 6.32. The number of nitrogens with one attached hydrogen (secondary N) is 1. The monoisotopic (exact) mass is 342 g/mol. The van der Waals surface area contributed by atoms with Crippen LogP contribution in [0, 0.1) is 13.8 Å². The summed E-state index contributed by atoms with van der Waals surface area (Å²) in [5.41, 5.74) is 3.15. The van der Waals surface area contributed by atoms with Crippen LogP contribution >= 0.6 is 11.6 Å². The molecule has 1 aliphatic heterocycles. The number of anilines is 1. The quantitative estimate of drug-likeness (QED) is 0.871. The molecule has 1 aliphatic rings. The molecule has 0 saturated heterocycles. The second-order valence-electron chi connectivity index (χ2n) is 5.75. The molecule has 0 atom stereocenters. The number of amides is 3. The van der Waals surface area contributed by atoms with Crippen LogP contribution in [-0.2, 0) is 4.79 Å². The first kappa shape index (κ1) is 16.2. The highest BCUT2D eigenvalue weighted by Gasteiger charge is 2.36. The minimum absolute atomic E-state index is 0.229. The van der Waals surface area contributed by atoms with E-state index in [0.717, 1.165) is 16.0 Å². The number of benzene rings is 2. The summed E-state index contributed by atoms with van der Waals surface area (Å²) in [5, 5.41) is 3.10. The molecule has 0 aromatic heterocycles. The van der Waals surface area contributed by atoms with Crippen LogP contribution < -0.4 is 5.32 Å². The van der Waals surface area contributed by atoms with E-state index < -0.39 is 17.7 Å². The molecule has 0 saturated carbocycles. The first-order chi connectivity index (χ1) is 11.4. The van der Waals surface area contributed by atoms with Gasteiger partial charge in [-0.2, -0.15) is 0 Å². The Hall–Kier alpha value is -2.66. The molecule has 0 aliphatic carbocycles. The zero-order valence-electron chi connectivity index (χ0n) is 13.2. The molecule has 1 N–H and O–H groups in total. The van der Waals surface area contributed by atoms with Gasteiger partial charge in [0.25, 0.3) is 11.8 Å². The van der Waals surface area contributed by atoms with E-state index in [9.17, 15) is 14.4 Å². The van der Waals surface area contributed by atoms with Crippen LogP contribution in [0.2, 0.25) is 5.02 Å². The van der Waals surface area contributed by atoms with Gasteiger partial charge in [-0.15, -0.1) is 0 Å². The first-order valence-corrected chi connectivity index (χ1v) is 7.77. The molecule has 24 heavy (non-hydrogen) atoms. The average molecular weight is 343 g/mol. The lowest BCUT2D eigenvalue weighted by Gasteiger charge is -2.14. The van der Waals surface area contributed by atoms with Crippen LogP contribution in [0.15, 0.2) is 36.4 Å². The summed E-state index contributed by atoms with van der Waals surface area (Å²) >= 11 is 5.87. The molecule has 6 heteroatoms. The maximum atomic E-state index is 12.3. The molecule has 2 aromatic rings. The number of hydrogen-bond acceptors (Lipinski definition) is 3. The van der Waals surface area contributed by atoms with Gasteiger partial charge in [0.1, 0.15) is 6.54 Å². The second kappa shape index (κ2) is 6.09. The number of imide groups is 1. The van der Waals surface area contributed by atoms with Crippen molar-refractivity contribution < 1.29 is 14.4 Å². The SMILES string of the molecule is Cc1ccc(NC(=O)CN2C(=O)c3ccc(Cl)cc3C2=O)c(C)c1. The van der Waals surface area contributed by atoms with Crippen molar-refractivity contribution in [2.45, 2.75) is 13.8 Å². The van der Waals surface area contributed by atoms with Crippen molar-refractivity contribution in [3.63, 3.8) is 0 Å². The predicted octanol–water partition coefficient (Wildman–Crippen LogP) is 3.19. The van der Waals surface area contributed by atoms with Gasteiger partial charge < -0.3 is 5.32 Å². The van der Waals surface area contributed by atoms with Crippen molar-refractivity contribution in [2.24, 2.45) is 0 Å². The van der Waals surface area contributed by atoms with Gasteiger partial charge >= 0.3 is 0 Å². The maximum absolute atomic E-state index is 12.3. The molecule has 3 rings (SSSR count). The Kier molecular flexibility index (Phi) is 4.11. The molecule has 3 amide bonds. The van der Waals surface area contributed by atoms with Crippen LogP contribution in [0.3, 0.4) is 0 Å². The van der Waals surface area contributed by atoms with Gasteiger partial charge in [-0.3, -0.25) is 19.3 Å². The molecule has 2 aromatic carbocycles. The molecule has 1 heterocycles. The third-order valence-corrected chi connectivity index (χ3v) is 4.13. The zero-order chi connectivity index (χ0) is 17.4. The molecule has 0 bridgehead atoms. The number of nitrogens with zero attached hydrogens (tertiary/aromatic N) is 1. The lowest BCUT2D eigenvalue weighted by molar-refractivity contribution is -0.116. The van der Waals surface area contributed by atoms with E-state index in [1.807, 2.05) is 26.0 Å². The van der Waals surface area contributed by atoms with E-state index in [1.54, 1.807) is 12.1 Å². The van der Waals surface area contributed by atoms with Gasteiger partial charge in [0, 0.05) is 10.7 Å². The molecular weight excluding hydrogens is 328 g/mol. The van der Waals surface area contributed by atoms with Crippen LogP contribution in [-0.4, -0.2) is 29.2 Å². The molecule has 0 fully saturated rings. The minimum atomic E-state index is -0.506. The fraction of sp³-hybridized carbons (Fsp3) is 0.167. The van der Waals surface area contributed by atoms with Crippen molar-refractivity contribution in [1.29, 1.82) is 0 Å². The maximum Gasteiger partial charge on any atom is 0.262 e. The Bertz CT molecular complexity index is 877. The van der Waals surface area contributed by atoms with Crippen molar-refractivity contribution in [1.82, 2.24) is 4.90 Å². The lowest BCUT2D eigenvalue weighted by Crippen LogP contribution is -2.37. The van der Waals surface area contributed by atoms with Gasteiger partial charge in [0.05, 0.1) is 11.1 Å². The fourth-order valence-corrected chi connectivity index (χ4v) is 2.87. The number of halogens is 1. The average Bonchev–Trinajstić information content (AvgIpc) is 2.75. The normalized spacial score (nSPS) is 13.2. The molecule has 0 unspecified atom stereocenters. The van der Waals surface area contributed by atoms with Crippen LogP contribution in [0.25, 0.3) is 0 Å². The van der Waals surface area contributed by atoms with Crippen LogP contribution in [0.5, 0.6) is 0 Å². The fourth-order valence-electron chi connectivity index (χ4n) is 2.69. The third-order valence-electron chi connectivity index (χ3n) is 3.89. The van der Waals surface area contributed by atoms with E-state index in [4.69, 9.17) is 11.6 Å². The summed E-state index contributed by atoms with van der Waals surface area (Å²) in [4.78, 5) is 37.8. The van der Waals surface area contributed by atoms with Gasteiger partial charge in [0.15, 0.2) is 0 Å². The lowest BCUT2D eigenvalue weighted by atomic mass is 10.1. The number of aryl methyl sites for hydroxylation is 2. The van der Waals surface area contributed by atoms with E-state index in [2.05, 4.69) is 5.32 Å². The standard InChI is InChI=1S/C18H15ClN2O3/c1-10-3-6-15(11(2)7-10)20-16(22)9-21-17(23)13-5-4-12(19)8-14(13)18(21)24/h3-8H,9H2,1-2H3,(H,20,22). The Labute approximate surface area is 144 Å². The first-order valence-electron chi connectivity index (χ1n) is 7.39. The van der Waals surface area contributed by atoms with Crippen molar-refractivity contribution in [3.8, 4) is 0 Å². The Morgan fingerprint density at radius 1 is 1.04 bits per heavy atom. The second-order valence-corrected chi connectivity index (χ2v) is 6.19. The van der Waals surface area contributed by atoms with Gasteiger partial charge in [-0.25, -0.2) is 0 Å². The molecule has 122 valence electrons. The van der Waals surface area contributed by atoms with E-state index in [-0.39, 0.29) is 17.7 Å². The summed E-state index contributed by atoms with van der Waals surface area (Å²) in [6.45, 7) is 3.51. The van der Waals surface area contributed by atoms with E-state index in [1.165, 1.54) is 12.1 Å². The Balaban J connectivity index is 1.76. The third kappa shape index (κ3) is 2.90. The van der Waals surface area contributed by atoms with E-state index >= 15 is 0 Å². The van der Waals surface area contributed by atoms with Crippen molar-refractivity contribution in [3.05, 3.63) is 63.7 Å². The largest absolute Gasteiger partial charge is 0.324 e.